The minimum Gasteiger partial charge on any atom is -0.252 e. The number of hydrogen-bond donors (Lipinski definition) is 0. The van der Waals surface area contributed by atoms with E-state index < -0.39 is 0 Å². The molecule has 0 amide bonds. The van der Waals surface area contributed by atoms with Crippen molar-refractivity contribution in [3.05, 3.63) is 11.4 Å². The standard InChI is InChI=1S/C9H7N5/c1-7(5-11)14-8(3-4-10)9(6-12)13-2/h2-3H2,1H3/b9-8-,14-7?. The summed E-state index contributed by atoms with van der Waals surface area (Å²) in [4.78, 5) is 7.20. The quantitative estimate of drug-likeness (QED) is 0.489. The summed E-state index contributed by atoms with van der Waals surface area (Å²) in [6.45, 7) is 4.66. The van der Waals surface area contributed by atoms with Crippen molar-refractivity contribution in [2.45, 2.75) is 13.3 Å². The highest BCUT2D eigenvalue weighted by atomic mass is 14.8. The maximum atomic E-state index is 8.61. The lowest BCUT2D eigenvalue weighted by atomic mass is 10.2. The minimum absolute atomic E-state index is 0.0267. The van der Waals surface area contributed by atoms with Crippen LogP contribution in [0.2, 0.25) is 0 Å². The van der Waals surface area contributed by atoms with Crippen molar-refractivity contribution < 1.29 is 0 Å². The van der Waals surface area contributed by atoms with Crippen molar-refractivity contribution in [2.75, 3.05) is 0 Å². The lowest BCUT2D eigenvalue weighted by Crippen LogP contribution is -1.90. The highest BCUT2D eigenvalue weighted by Crippen LogP contribution is 2.10. The molecular weight excluding hydrogens is 178 g/mol. The first-order valence-electron chi connectivity index (χ1n) is 3.61. The minimum atomic E-state index is -0.0685. The van der Waals surface area contributed by atoms with E-state index in [1.165, 1.54) is 6.92 Å². The topological polar surface area (TPSA) is 96.1 Å². The fraction of sp³-hybridized carbons (Fsp3) is 0.222. The van der Waals surface area contributed by atoms with Crippen LogP contribution in [-0.4, -0.2) is 12.4 Å². The first-order valence-corrected chi connectivity index (χ1v) is 3.61. The Kier molecular flexibility index (Phi) is 5.04. The molecule has 0 spiro atoms. The van der Waals surface area contributed by atoms with Gasteiger partial charge in [0.15, 0.2) is 5.70 Å². The van der Waals surface area contributed by atoms with E-state index in [9.17, 15) is 0 Å². The number of aliphatic imine (C=N–C) groups is 2. The normalized spacial score (nSPS) is 11.7. The van der Waals surface area contributed by atoms with Crippen LogP contribution in [0.25, 0.3) is 0 Å². The molecule has 68 valence electrons. The van der Waals surface area contributed by atoms with Gasteiger partial charge in [-0.2, -0.15) is 15.8 Å². The third kappa shape index (κ3) is 3.30. The van der Waals surface area contributed by atoms with Gasteiger partial charge in [-0.25, -0.2) is 4.99 Å². The maximum absolute atomic E-state index is 8.61. The van der Waals surface area contributed by atoms with Crippen LogP contribution in [0.15, 0.2) is 21.4 Å². The molecule has 0 saturated heterocycles. The molecule has 0 atom stereocenters. The Balaban J connectivity index is 5.30. The highest BCUT2D eigenvalue weighted by molar-refractivity contribution is 5.97. The van der Waals surface area contributed by atoms with Crippen LogP contribution in [0.3, 0.4) is 0 Å². The smallest absolute Gasteiger partial charge is 0.162 e. The Labute approximate surface area is 81.9 Å². The third-order valence-electron chi connectivity index (χ3n) is 1.25. The predicted octanol–water partition coefficient (Wildman–Crippen LogP) is 1.32. The van der Waals surface area contributed by atoms with E-state index >= 15 is 0 Å². The molecule has 0 radical (unpaired) electrons. The molecule has 0 aromatic carbocycles. The van der Waals surface area contributed by atoms with E-state index in [4.69, 9.17) is 15.8 Å². The Bertz CT molecular complexity index is 408. The molecule has 0 aliphatic rings. The number of nitriles is 3. The molecule has 0 aromatic rings. The summed E-state index contributed by atoms with van der Waals surface area (Å²) in [5.41, 5.74) is 0.317. The van der Waals surface area contributed by atoms with Gasteiger partial charge in [0.25, 0.3) is 0 Å². The van der Waals surface area contributed by atoms with Crippen molar-refractivity contribution >= 4 is 12.4 Å². The van der Waals surface area contributed by atoms with Gasteiger partial charge in [0.2, 0.25) is 0 Å². The Morgan fingerprint density at radius 3 is 2.29 bits per heavy atom. The second-order valence-corrected chi connectivity index (χ2v) is 2.21. The number of hydrogen-bond acceptors (Lipinski definition) is 5. The van der Waals surface area contributed by atoms with Gasteiger partial charge in [0.1, 0.15) is 17.9 Å². The molecule has 0 fully saturated rings. The van der Waals surface area contributed by atoms with Crippen LogP contribution in [0.4, 0.5) is 0 Å². The van der Waals surface area contributed by atoms with Gasteiger partial charge >= 0.3 is 0 Å². The predicted molar refractivity (Wildman–Crippen MR) is 51.1 cm³/mol. The van der Waals surface area contributed by atoms with Gasteiger partial charge in [-0.15, -0.1) is 0 Å². The summed E-state index contributed by atoms with van der Waals surface area (Å²) >= 11 is 0. The molecule has 5 nitrogen and oxygen atoms in total. The zero-order valence-electron chi connectivity index (χ0n) is 7.65. The van der Waals surface area contributed by atoms with Crippen LogP contribution < -0.4 is 0 Å². The SMILES string of the molecule is C=N/C(C#N)=C(/CC#N)N=C(C)C#N. The van der Waals surface area contributed by atoms with Crippen molar-refractivity contribution in [1.29, 1.82) is 15.8 Å². The molecule has 0 aliphatic carbocycles. The first kappa shape index (κ1) is 11.6. The second kappa shape index (κ2) is 6.11. The average molecular weight is 185 g/mol. The summed E-state index contributed by atoms with van der Waals surface area (Å²) in [6.07, 6.45) is -0.0685. The van der Waals surface area contributed by atoms with Crippen molar-refractivity contribution in [3.63, 3.8) is 0 Å². The molecule has 0 N–H and O–H groups in total. The zero-order valence-corrected chi connectivity index (χ0v) is 7.65. The van der Waals surface area contributed by atoms with Gasteiger partial charge in [-0.3, -0.25) is 4.99 Å². The molecule has 0 unspecified atom stereocenters. The molecular formula is C9H7N5. The molecule has 0 rings (SSSR count). The summed E-state index contributed by atoms with van der Waals surface area (Å²) in [7, 11) is 0. The zero-order chi connectivity index (χ0) is 11.0. The average Bonchev–Trinajstić information content (AvgIpc) is 2.19. The summed E-state index contributed by atoms with van der Waals surface area (Å²) in [5, 5.41) is 25.5. The summed E-state index contributed by atoms with van der Waals surface area (Å²) in [6, 6.07) is 5.37. The lowest BCUT2D eigenvalue weighted by Gasteiger charge is -1.95. The largest absolute Gasteiger partial charge is 0.252 e. The molecule has 14 heavy (non-hydrogen) atoms. The third-order valence-corrected chi connectivity index (χ3v) is 1.25. The van der Waals surface area contributed by atoms with Crippen LogP contribution in [-0.2, 0) is 0 Å². The number of nitrogens with zero attached hydrogens (tertiary/aromatic N) is 5. The molecule has 0 saturated carbocycles. The Hall–Kier alpha value is -2.45. The molecule has 0 heterocycles. The van der Waals surface area contributed by atoms with E-state index in [1.807, 2.05) is 6.07 Å². The summed E-state index contributed by atoms with van der Waals surface area (Å²) < 4.78 is 0. The van der Waals surface area contributed by atoms with Crippen LogP contribution >= 0.6 is 0 Å². The highest BCUT2D eigenvalue weighted by Gasteiger charge is 2.03. The first-order chi connectivity index (χ1) is 6.69. The van der Waals surface area contributed by atoms with E-state index in [0.29, 0.717) is 0 Å². The van der Waals surface area contributed by atoms with E-state index in [0.717, 1.165) is 0 Å². The second-order valence-electron chi connectivity index (χ2n) is 2.21. The fourth-order valence-corrected chi connectivity index (χ4v) is 0.670. The molecule has 0 aliphatic heterocycles. The van der Waals surface area contributed by atoms with Crippen LogP contribution in [0.5, 0.6) is 0 Å². The Morgan fingerprint density at radius 2 is 1.93 bits per heavy atom. The van der Waals surface area contributed by atoms with Crippen LogP contribution in [0.1, 0.15) is 13.3 Å². The van der Waals surface area contributed by atoms with Gasteiger partial charge in [-0.05, 0) is 13.6 Å². The van der Waals surface area contributed by atoms with Gasteiger partial charge in [-0.1, -0.05) is 0 Å². The van der Waals surface area contributed by atoms with Crippen molar-refractivity contribution in [1.82, 2.24) is 0 Å². The van der Waals surface area contributed by atoms with E-state index in [2.05, 4.69) is 16.7 Å². The molecule has 0 bridgehead atoms. The monoisotopic (exact) mass is 185 g/mol. The van der Waals surface area contributed by atoms with E-state index in [1.54, 1.807) is 12.1 Å². The van der Waals surface area contributed by atoms with Gasteiger partial charge in [0, 0.05) is 0 Å². The molecule has 0 aromatic heterocycles. The van der Waals surface area contributed by atoms with Gasteiger partial charge in [0.05, 0.1) is 18.2 Å². The lowest BCUT2D eigenvalue weighted by molar-refractivity contribution is 1.12. The van der Waals surface area contributed by atoms with Crippen molar-refractivity contribution in [3.8, 4) is 18.2 Å². The van der Waals surface area contributed by atoms with Crippen molar-refractivity contribution in [2.24, 2.45) is 9.98 Å². The van der Waals surface area contributed by atoms with Crippen LogP contribution in [0, 0.1) is 34.0 Å². The molecule has 5 heteroatoms. The maximum Gasteiger partial charge on any atom is 0.162 e. The fourth-order valence-electron chi connectivity index (χ4n) is 0.670. The van der Waals surface area contributed by atoms with E-state index in [-0.39, 0.29) is 23.5 Å². The summed E-state index contributed by atoms with van der Waals surface area (Å²) in [5.74, 6) is 0. The number of allylic oxidation sites excluding steroid dienone is 2. The number of rotatable bonds is 3. The Morgan fingerprint density at radius 1 is 1.29 bits per heavy atom. The van der Waals surface area contributed by atoms with Gasteiger partial charge < -0.3 is 0 Å².